The second kappa shape index (κ2) is 5.17. The van der Waals surface area contributed by atoms with E-state index in [0.29, 0.717) is 5.92 Å². The predicted molar refractivity (Wildman–Crippen MR) is 76.0 cm³/mol. The molecule has 1 aromatic carbocycles. The van der Waals surface area contributed by atoms with Gasteiger partial charge in [0.1, 0.15) is 5.75 Å². The lowest BCUT2D eigenvalue weighted by atomic mass is 9.89. The van der Waals surface area contributed by atoms with Crippen LogP contribution >= 0.6 is 0 Å². The number of rotatable bonds is 3. The fourth-order valence-corrected chi connectivity index (χ4v) is 3.06. The second-order valence-electron chi connectivity index (χ2n) is 5.42. The van der Waals surface area contributed by atoms with E-state index in [-0.39, 0.29) is 12.3 Å². The summed E-state index contributed by atoms with van der Waals surface area (Å²) in [6, 6.07) is 5.36. The zero-order valence-corrected chi connectivity index (χ0v) is 11.2. The molecule has 0 amide bonds. The molecule has 0 aliphatic carbocycles. The molecule has 1 fully saturated rings. The van der Waals surface area contributed by atoms with E-state index in [1.54, 1.807) is 12.1 Å². The number of aromatic amines is 1. The number of nitrogens with zero attached hydrogens (tertiary/aromatic N) is 1. The number of carbonyl (C=O) groups is 1. The van der Waals surface area contributed by atoms with E-state index in [9.17, 15) is 9.90 Å². The Hall–Kier alpha value is -2.01. The molecule has 5 nitrogen and oxygen atoms in total. The van der Waals surface area contributed by atoms with Crippen LogP contribution in [-0.2, 0) is 4.79 Å². The summed E-state index contributed by atoms with van der Waals surface area (Å²) in [5.41, 5.74) is 2.26. The zero-order valence-electron chi connectivity index (χ0n) is 11.2. The van der Waals surface area contributed by atoms with E-state index in [1.807, 2.05) is 17.2 Å². The van der Waals surface area contributed by atoms with E-state index in [4.69, 9.17) is 5.11 Å². The molecule has 20 heavy (non-hydrogen) atoms. The first kappa shape index (κ1) is 13.0. The molecule has 0 unspecified atom stereocenters. The van der Waals surface area contributed by atoms with E-state index in [2.05, 4.69) is 4.98 Å². The third-order valence-corrected chi connectivity index (χ3v) is 4.08. The normalized spacial score (nSPS) is 17.6. The number of carboxylic acid groups (broad SMARTS) is 1. The molecule has 1 saturated heterocycles. The van der Waals surface area contributed by atoms with Crippen LogP contribution in [0.3, 0.4) is 0 Å². The first-order chi connectivity index (χ1) is 9.63. The first-order valence-corrected chi connectivity index (χ1v) is 6.87. The fraction of sp³-hybridized carbons (Fsp3) is 0.400. The highest BCUT2D eigenvalue weighted by Crippen LogP contribution is 2.34. The van der Waals surface area contributed by atoms with E-state index in [0.717, 1.165) is 36.8 Å². The molecule has 0 bridgehead atoms. The molecule has 0 saturated carbocycles. The minimum Gasteiger partial charge on any atom is -0.508 e. The number of hydrogen-bond acceptors (Lipinski definition) is 3. The van der Waals surface area contributed by atoms with E-state index < -0.39 is 5.97 Å². The van der Waals surface area contributed by atoms with Gasteiger partial charge in [-0.2, -0.15) is 0 Å². The topological polar surface area (TPSA) is 76.6 Å². The first-order valence-electron chi connectivity index (χ1n) is 6.87. The predicted octanol–water partition coefficient (Wildman–Crippen LogP) is 2.14. The van der Waals surface area contributed by atoms with Crippen molar-refractivity contribution >= 4 is 16.9 Å². The Labute approximate surface area is 116 Å². The summed E-state index contributed by atoms with van der Waals surface area (Å²) in [7, 11) is 0. The number of fused-ring (bicyclic) bond motifs is 1. The van der Waals surface area contributed by atoms with Gasteiger partial charge < -0.3 is 15.2 Å². The van der Waals surface area contributed by atoms with Gasteiger partial charge in [-0.05, 0) is 55.6 Å². The van der Waals surface area contributed by atoms with Crippen molar-refractivity contribution in [3.8, 4) is 5.75 Å². The molecule has 106 valence electrons. The standard InChI is InChI=1S/C15H18N2O3/c18-11-1-2-14-12(7-11)13(8-16-14)10-3-5-17(6-4-10)9-15(19)20/h1-2,7-8,10,16,18H,3-6,9H2,(H,19,20). The Morgan fingerprint density at radius 1 is 1.35 bits per heavy atom. The van der Waals surface area contributed by atoms with Crippen LogP contribution in [0.1, 0.15) is 24.3 Å². The van der Waals surface area contributed by atoms with Crippen molar-refractivity contribution in [1.82, 2.24) is 9.88 Å². The Morgan fingerprint density at radius 2 is 2.10 bits per heavy atom. The number of phenolic OH excluding ortho intramolecular Hbond substituents is 1. The Morgan fingerprint density at radius 3 is 2.80 bits per heavy atom. The molecule has 5 heteroatoms. The molecular weight excluding hydrogens is 256 g/mol. The van der Waals surface area contributed by atoms with Gasteiger partial charge in [0.25, 0.3) is 0 Å². The number of aliphatic carboxylic acids is 1. The third-order valence-electron chi connectivity index (χ3n) is 4.08. The Balaban J connectivity index is 1.76. The van der Waals surface area contributed by atoms with Crippen LogP contribution < -0.4 is 0 Å². The van der Waals surface area contributed by atoms with Gasteiger partial charge in [0.15, 0.2) is 0 Å². The van der Waals surface area contributed by atoms with E-state index >= 15 is 0 Å². The van der Waals surface area contributed by atoms with Gasteiger partial charge in [0.2, 0.25) is 0 Å². The Bertz CT molecular complexity index is 627. The van der Waals surface area contributed by atoms with Crippen LogP contribution in [0.5, 0.6) is 5.75 Å². The third kappa shape index (κ3) is 2.49. The smallest absolute Gasteiger partial charge is 0.317 e. The maximum Gasteiger partial charge on any atom is 0.317 e. The average molecular weight is 274 g/mol. The van der Waals surface area contributed by atoms with Gasteiger partial charge in [0, 0.05) is 17.1 Å². The molecule has 1 aromatic heterocycles. The van der Waals surface area contributed by atoms with Crippen LogP contribution in [0.4, 0.5) is 0 Å². The summed E-state index contributed by atoms with van der Waals surface area (Å²) in [6.07, 6.45) is 3.92. The number of H-pyrrole nitrogens is 1. The van der Waals surface area contributed by atoms with Crippen molar-refractivity contribution in [2.24, 2.45) is 0 Å². The lowest BCUT2D eigenvalue weighted by Crippen LogP contribution is -2.36. The number of piperidine rings is 1. The lowest BCUT2D eigenvalue weighted by molar-refractivity contribution is -0.138. The number of aromatic nitrogens is 1. The molecule has 2 heterocycles. The van der Waals surface area contributed by atoms with Crippen molar-refractivity contribution < 1.29 is 15.0 Å². The number of aromatic hydroxyl groups is 1. The molecule has 2 aromatic rings. The van der Waals surface area contributed by atoms with Gasteiger partial charge in [0.05, 0.1) is 6.54 Å². The molecule has 0 spiro atoms. The highest BCUT2D eigenvalue weighted by atomic mass is 16.4. The van der Waals surface area contributed by atoms with E-state index in [1.165, 1.54) is 5.56 Å². The summed E-state index contributed by atoms with van der Waals surface area (Å²) in [5.74, 6) is -0.0577. The summed E-state index contributed by atoms with van der Waals surface area (Å²) >= 11 is 0. The van der Waals surface area contributed by atoms with Gasteiger partial charge in [-0.3, -0.25) is 9.69 Å². The van der Waals surface area contributed by atoms with Crippen LogP contribution in [-0.4, -0.2) is 45.7 Å². The quantitative estimate of drug-likeness (QED) is 0.801. The molecule has 1 aliphatic heterocycles. The molecule has 0 radical (unpaired) electrons. The summed E-state index contributed by atoms with van der Waals surface area (Å²) in [6.45, 7) is 1.74. The maximum atomic E-state index is 10.7. The number of carboxylic acids is 1. The minimum absolute atomic E-state index is 0.126. The Kier molecular flexibility index (Phi) is 3.36. The molecule has 3 N–H and O–H groups in total. The SMILES string of the molecule is O=C(O)CN1CCC(c2c[nH]c3ccc(O)cc23)CC1. The number of hydrogen-bond donors (Lipinski definition) is 3. The second-order valence-corrected chi connectivity index (χ2v) is 5.42. The zero-order chi connectivity index (χ0) is 14.1. The lowest BCUT2D eigenvalue weighted by Gasteiger charge is -2.30. The molecule has 1 aliphatic rings. The highest BCUT2D eigenvalue weighted by molar-refractivity contribution is 5.85. The van der Waals surface area contributed by atoms with Gasteiger partial charge in [-0.15, -0.1) is 0 Å². The maximum absolute atomic E-state index is 10.7. The van der Waals surface area contributed by atoms with Crippen LogP contribution in [0, 0.1) is 0 Å². The highest BCUT2D eigenvalue weighted by Gasteiger charge is 2.23. The van der Waals surface area contributed by atoms with Crippen LogP contribution in [0.2, 0.25) is 0 Å². The minimum atomic E-state index is -0.763. The van der Waals surface area contributed by atoms with Gasteiger partial charge >= 0.3 is 5.97 Å². The van der Waals surface area contributed by atoms with Crippen molar-refractivity contribution in [2.75, 3.05) is 19.6 Å². The van der Waals surface area contributed by atoms with Gasteiger partial charge in [-0.25, -0.2) is 0 Å². The average Bonchev–Trinajstić information content (AvgIpc) is 2.82. The number of benzene rings is 1. The monoisotopic (exact) mass is 274 g/mol. The number of nitrogens with one attached hydrogen (secondary N) is 1. The summed E-state index contributed by atoms with van der Waals surface area (Å²) in [5, 5.41) is 19.5. The molecule has 3 rings (SSSR count). The van der Waals surface area contributed by atoms with Gasteiger partial charge in [-0.1, -0.05) is 0 Å². The summed E-state index contributed by atoms with van der Waals surface area (Å²) < 4.78 is 0. The number of likely N-dealkylation sites (tertiary alicyclic amines) is 1. The van der Waals surface area contributed by atoms with Crippen molar-refractivity contribution in [2.45, 2.75) is 18.8 Å². The largest absolute Gasteiger partial charge is 0.508 e. The molecular formula is C15H18N2O3. The summed E-state index contributed by atoms with van der Waals surface area (Å²) in [4.78, 5) is 15.9. The van der Waals surface area contributed by atoms with Crippen LogP contribution in [0.25, 0.3) is 10.9 Å². The fourth-order valence-electron chi connectivity index (χ4n) is 3.06. The van der Waals surface area contributed by atoms with Crippen molar-refractivity contribution in [3.05, 3.63) is 30.0 Å². The van der Waals surface area contributed by atoms with Crippen molar-refractivity contribution in [1.29, 1.82) is 0 Å². The number of phenols is 1. The molecule has 0 atom stereocenters. The van der Waals surface area contributed by atoms with Crippen molar-refractivity contribution in [3.63, 3.8) is 0 Å². The van der Waals surface area contributed by atoms with Crippen LogP contribution in [0.15, 0.2) is 24.4 Å².